The van der Waals surface area contributed by atoms with Crippen LogP contribution in [-0.4, -0.2) is 27.3 Å². The van der Waals surface area contributed by atoms with Gasteiger partial charge in [0.2, 0.25) is 5.16 Å². The van der Waals surface area contributed by atoms with Crippen molar-refractivity contribution in [3.63, 3.8) is 0 Å². The summed E-state index contributed by atoms with van der Waals surface area (Å²) in [5, 5.41) is 13.0. The van der Waals surface area contributed by atoms with Gasteiger partial charge in [-0.15, -0.1) is 10.2 Å². The molecule has 0 radical (unpaired) electrons. The Kier molecular flexibility index (Phi) is 3.09. The third kappa shape index (κ3) is 2.16. The normalized spacial score (nSPS) is 11.4. The number of aryl methyl sites for hydroxylation is 2. The first-order chi connectivity index (χ1) is 7.70. The first-order valence-corrected chi connectivity index (χ1v) is 6.00. The van der Waals surface area contributed by atoms with E-state index in [1.807, 2.05) is 32.2 Å². The summed E-state index contributed by atoms with van der Waals surface area (Å²) in [6.07, 6.45) is 3.59. The summed E-state index contributed by atoms with van der Waals surface area (Å²) in [7, 11) is 0. The lowest BCUT2D eigenvalue weighted by atomic mass is 10.4. The smallest absolute Gasteiger partial charge is 0.211 e. The van der Waals surface area contributed by atoms with Gasteiger partial charge in [0.25, 0.3) is 0 Å². The Morgan fingerprint density at radius 1 is 1.38 bits per heavy atom. The Balaban J connectivity index is 2.26. The summed E-state index contributed by atoms with van der Waals surface area (Å²) in [6.45, 7) is 3.76. The number of nitrogens with zero attached hydrogens (tertiary/aromatic N) is 4. The van der Waals surface area contributed by atoms with Gasteiger partial charge in [-0.25, -0.2) is 0 Å². The Morgan fingerprint density at radius 2 is 2.19 bits per heavy atom. The maximum atomic E-state index is 5.38. The lowest BCUT2D eigenvalue weighted by molar-refractivity contribution is 0.527. The standard InChI is InChI=1S/C10H12N4OS/c1-7-4-5-9(15-7)6-11-14-8(2)12-13-10(14)16-3/h4-6H,1-3H3/b11-6-. The maximum Gasteiger partial charge on any atom is 0.211 e. The van der Waals surface area contributed by atoms with Crippen molar-refractivity contribution in [1.82, 2.24) is 14.9 Å². The minimum Gasteiger partial charge on any atom is -0.460 e. The average molecular weight is 236 g/mol. The highest BCUT2D eigenvalue weighted by molar-refractivity contribution is 7.98. The van der Waals surface area contributed by atoms with Crippen molar-refractivity contribution in [1.29, 1.82) is 0 Å². The van der Waals surface area contributed by atoms with Crippen molar-refractivity contribution in [2.45, 2.75) is 19.0 Å². The predicted molar refractivity (Wildman–Crippen MR) is 63.0 cm³/mol. The number of hydrogen-bond acceptors (Lipinski definition) is 5. The van der Waals surface area contributed by atoms with E-state index in [1.54, 1.807) is 10.9 Å². The van der Waals surface area contributed by atoms with Crippen LogP contribution in [0, 0.1) is 13.8 Å². The molecule has 0 aliphatic rings. The van der Waals surface area contributed by atoms with Crippen molar-refractivity contribution in [3.8, 4) is 0 Å². The van der Waals surface area contributed by atoms with E-state index in [9.17, 15) is 0 Å². The number of hydrogen-bond donors (Lipinski definition) is 0. The van der Waals surface area contributed by atoms with Gasteiger partial charge < -0.3 is 4.42 Å². The topological polar surface area (TPSA) is 56.2 Å². The molecule has 2 aromatic heterocycles. The number of thioether (sulfide) groups is 1. The van der Waals surface area contributed by atoms with Gasteiger partial charge in [0.15, 0.2) is 5.82 Å². The van der Waals surface area contributed by atoms with Crippen molar-refractivity contribution in [2.24, 2.45) is 5.10 Å². The summed E-state index contributed by atoms with van der Waals surface area (Å²) in [6, 6.07) is 3.77. The van der Waals surface area contributed by atoms with Gasteiger partial charge in [-0.1, -0.05) is 11.8 Å². The summed E-state index contributed by atoms with van der Waals surface area (Å²) in [5.41, 5.74) is 0. The summed E-state index contributed by atoms with van der Waals surface area (Å²) < 4.78 is 7.07. The zero-order valence-electron chi connectivity index (χ0n) is 9.34. The molecule has 0 saturated carbocycles. The molecule has 0 saturated heterocycles. The highest BCUT2D eigenvalue weighted by Crippen LogP contribution is 2.12. The Labute approximate surface area is 97.6 Å². The molecule has 5 nitrogen and oxygen atoms in total. The van der Waals surface area contributed by atoms with E-state index < -0.39 is 0 Å². The van der Waals surface area contributed by atoms with Gasteiger partial charge in [-0.2, -0.15) is 9.78 Å². The average Bonchev–Trinajstić information content (AvgIpc) is 2.82. The number of furan rings is 1. The molecule has 0 aliphatic carbocycles. The van der Waals surface area contributed by atoms with Gasteiger partial charge in [0.1, 0.15) is 11.5 Å². The van der Waals surface area contributed by atoms with Gasteiger partial charge >= 0.3 is 0 Å². The lowest BCUT2D eigenvalue weighted by Gasteiger charge is -1.97. The monoisotopic (exact) mass is 236 g/mol. The molecule has 16 heavy (non-hydrogen) atoms. The van der Waals surface area contributed by atoms with E-state index in [0.29, 0.717) is 0 Å². The van der Waals surface area contributed by atoms with Crippen LogP contribution >= 0.6 is 11.8 Å². The van der Waals surface area contributed by atoms with E-state index >= 15 is 0 Å². The van der Waals surface area contributed by atoms with Crippen LogP contribution in [0.3, 0.4) is 0 Å². The third-order valence-electron chi connectivity index (χ3n) is 2.01. The molecule has 84 valence electrons. The van der Waals surface area contributed by atoms with Gasteiger partial charge in [0.05, 0.1) is 6.21 Å². The van der Waals surface area contributed by atoms with Crippen LogP contribution in [0.25, 0.3) is 0 Å². The minimum absolute atomic E-state index is 0.720. The Bertz CT molecular complexity index is 515. The minimum atomic E-state index is 0.720. The Morgan fingerprint density at radius 3 is 2.81 bits per heavy atom. The largest absolute Gasteiger partial charge is 0.460 e. The highest BCUT2D eigenvalue weighted by Gasteiger charge is 2.05. The fraction of sp³-hybridized carbons (Fsp3) is 0.300. The summed E-state index contributed by atoms with van der Waals surface area (Å²) >= 11 is 1.50. The van der Waals surface area contributed by atoms with Gasteiger partial charge in [-0.05, 0) is 32.2 Å². The SMILES string of the molecule is CSc1nnc(C)n1/N=C\c1ccc(C)o1. The molecule has 0 amide bonds. The van der Waals surface area contributed by atoms with E-state index in [1.165, 1.54) is 11.8 Å². The second-order valence-corrected chi connectivity index (χ2v) is 4.01. The van der Waals surface area contributed by atoms with Crippen molar-refractivity contribution in [2.75, 3.05) is 6.26 Å². The second kappa shape index (κ2) is 4.52. The number of rotatable bonds is 3. The molecule has 0 fully saturated rings. The molecule has 0 atom stereocenters. The van der Waals surface area contributed by atoms with Crippen LogP contribution < -0.4 is 0 Å². The quantitative estimate of drug-likeness (QED) is 0.605. The molecule has 0 spiro atoms. The molecule has 6 heteroatoms. The molecule has 0 bridgehead atoms. The molecule has 2 rings (SSSR count). The van der Waals surface area contributed by atoms with Gasteiger partial charge in [0, 0.05) is 0 Å². The fourth-order valence-electron chi connectivity index (χ4n) is 1.24. The van der Waals surface area contributed by atoms with Crippen LogP contribution in [0.2, 0.25) is 0 Å². The van der Waals surface area contributed by atoms with Crippen molar-refractivity contribution < 1.29 is 4.42 Å². The molecule has 0 aromatic carbocycles. The zero-order chi connectivity index (χ0) is 11.5. The van der Waals surface area contributed by atoms with E-state index in [0.717, 1.165) is 22.5 Å². The maximum absolute atomic E-state index is 5.38. The Hall–Kier alpha value is -1.56. The van der Waals surface area contributed by atoms with Crippen LogP contribution in [0.15, 0.2) is 26.8 Å². The molecule has 2 aromatic rings. The first kappa shape index (κ1) is 10.9. The second-order valence-electron chi connectivity index (χ2n) is 3.24. The third-order valence-corrected chi connectivity index (χ3v) is 2.63. The molecular weight excluding hydrogens is 224 g/mol. The predicted octanol–water partition coefficient (Wildman–Crippen LogP) is 2.09. The van der Waals surface area contributed by atoms with Crippen LogP contribution in [0.4, 0.5) is 0 Å². The zero-order valence-corrected chi connectivity index (χ0v) is 10.2. The van der Waals surface area contributed by atoms with Crippen molar-refractivity contribution in [3.05, 3.63) is 29.5 Å². The van der Waals surface area contributed by atoms with Crippen LogP contribution in [0.1, 0.15) is 17.3 Å². The summed E-state index contributed by atoms with van der Waals surface area (Å²) in [5.74, 6) is 2.34. The summed E-state index contributed by atoms with van der Waals surface area (Å²) in [4.78, 5) is 0. The fourth-order valence-corrected chi connectivity index (χ4v) is 1.71. The van der Waals surface area contributed by atoms with Crippen LogP contribution in [-0.2, 0) is 0 Å². The van der Waals surface area contributed by atoms with Crippen molar-refractivity contribution >= 4 is 18.0 Å². The van der Waals surface area contributed by atoms with Gasteiger partial charge in [-0.3, -0.25) is 0 Å². The van der Waals surface area contributed by atoms with Crippen LogP contribution in [0.5, 0.6) is 0 Å². The van der Waals surface area contributed by atoms with E-state index in [-0.39, 0.29) is 0 Å². The lowest BCUT2D eigenvalue weighted by Crippen LogP contribution is -1.94. The molecule has 2 heterocycles. The molecule has 0 N–H and O–H groups in total. The molecular formula is C10H12N4OS. The van der Waals surface area contributed by atoms with E-state index in [4.69, 9.17) is 4.42 Å². The van der Waals surface area contributed by atoms with E-state index in [2.05, 4.69) is 15.3 Å². The molecule has 0 unspecified atom stereocenters. The first-order valence-electron chi connectivity index (χ1n) is 4.77. The number of aromatic nitrogens is 3. The highest BCUT2D eigenvalue weighted by atomic mass is 32.2. The molecule has 0 aliphatic heterocycles.